The molecule has 0 radical (unpaired) electrons. The average molecular weight is 274 g/mol. The highest BCUT2D eigenvalue weighted by Crippen LogP contribution is 2.47. The summed E-state index contributed by atoms with van der Waals surface area (Å²) in [5, 5.41) is 0. The molecular weight excluding hydrogens is 260 g/mol. The van der Waals surface area contributed by atoms with Crippen LogP contribution in [0.5, 0.6) is 5.88 Å². The predicted molar refractivity (Wildman–Crippen MR) is 74.0 cm³/mol. The lowest BCUT2D eigenvalue weighted by Crippen LogP contribution is -2.27. The van der Waals surface area contributed by atoms with Gasteiger partial charge >= 0.3 is 5.69 Å². The van der Waals surface area contributed by atoms with E-state index in [0.717, 1.165) is 24.6 Å². The maximum Gasteiger partial charge on any atom is 0.351 e. The van der Waals surface area contributed by atoms with Crippen LogP contribution in [-0.2, 0) is 13.0 Å². The van der Waals surface area contributed by atoms with Crippen molar-refractivity contribution in [2.45, 2.75) is 31.7 Å². The van der Waals surface area contributed by atoms with Gasteiger partial charge in [-0.05, 0) is 36.8 Å². The smallest absolute Gasteiger partial charge is 0.351 e. The van der Waals surface area contributed by atoms with Crippen molar-refractivity contribution in [2.24, 2.45) is 0 Å². The maximum atomic E-state index is 12.0. The Balaban J connectivity index is 1.92. The van der Waals surface area contributed by atoms with Gasteiger partial charge in [-0.2, -0.15) is 4.98 Å². The molecule has 1 fully saturated rings. The number of aromatic nitrogens is 2. The zero-order valence-electron chi connectivity index (χ0n) is 10.7. The minimum atomic E-state index is -0.207. The van der Waals surface area contributed by atoms with E-state index >= 15 is 0 Å². The van der Waals surface area contributed by atoms with Crippen LogP contribution in [0.2, 0.25) is 0 Å². The van der Waals surface area contributed by atoms with Crippen molar-refractivity contribution >= 4 is 11.3 Å². The van der Waals surface area contributed by atoms with Gasteiger partial charge in [0.15, 0.2) is 0 Å². The molecular formula is C14H14N2O2S. The summed E-state index contributed by atoms with van der Waals surface area (Å²) >= 11 is 1.83. The number of methoxy groups -OCH3 is 1. The molecule has 3 heterocycles. The van der Waals surface area contributed by atoms with Crippen LogP contribution in [0.15, 0.2) is 16.9 Å². The zero-order valence-corrected chi connectivity index (χ0v) is 11.5. The van der Waals surface area contributed by atoms with Crippen LogP contribution in [0.4, 0.5) is 0 Å². The van der Waals surface area contributed by atoms with Gasteiger partial charge in [-0.25, -0.2) is 4.79 Å². The first-order valence-corrected chi connectivity index (χ1v) is 7.37. The summed E-state index contributed by atoms with van der Waals surface area (Å²) in [6.07, 6.45) is 3.55. The Bertz CT molecular complexity index is 713. The molecule has 0 bridgehead atoms. The number of hydrogen-bond acceptors (Lipinski definition) is 4. The molecule has 0 amide bonds. The standard InChI is InChI=1S/C14H14N2O2S/c1-18-12-7-10-13-9(4-5-16(10)14(17)15-12)6-11(19-13)8-2-3-8/h6-8H,2-5H2,1H3. The van der Waals surface area contributed by atoms with Crippen LogP contribution in [0.1, 0.15) is 29.2 Å². The van der Waals surface area contributed by atoms with Crippen LogP contribution in [0, 0.1) is 0 Å². The molecule has 19 heavy (non-hydrogen) atoms. The molecule has 2 aromatic rings. The third-order valence-electron chi connectivity index (χ3n) is 3.84. The number of fused-ring (bicyclic) bond motifs is 3. The highest BCUT2D eigenvalue weighted by atomic mass is 32.1. The fourth-order valence-corrected chi connectivity index (χ4v) is 4.05. The number of nitrogens with zero attached hydrogens (tertiary/aromatic N) is 2. The van der Waals surface area contributed by atoms with E-state index in [0.29, 0.717) is 5.88 Å². The topological polar surface area (TPSA) is 44.1 Å². The molecule has 0 atom stereocenters. The first kappa shape index (κ1) is 11.2. The van der Waals surface area contributed by atoms with Crippen LogP contribution >= 0.6 is 11.3 Å². The van der Waals surface area contributed by atoms with Gasteiger partial charge < -0.3 is 4.74 Å². The molecule has 1 aliphatic heterocycles. The predicted octanol–water partition coefficient (Wildman–Crippen LogP) is 2.41. The van der Waals surface area contributed by atoms with Gasteiger partial charge in [-0.1, -0.05) is 0 Å². The zero-order chi connectivity index (χ0) is 13.0. The second-order valence-corrected chi connectivity index (χ2v) is 6.23. The minimum Gasteiger partial charge on any atom is -0.481 e. The van der Waals surface area contributed by atoms with Crippen molar-refractivity contribution in [3.8, 4) is 16.5 Å². The van der Waals surface area contributed by atoms with E-state index in [1.54, 1.807) is 11.7 Å². The third-order valence-corrected chi connectivity index (χ3v) is 5.20. The number of thiophene rings is 1. The molecule has 4 rings (SSSR count). The van der Waals surface area contributed by atoms with Gasteiger partial charge in [0, 0.05) is 17.5 Å². The number of rotatable bonds is 2. The summed E-state index contributed by atoms with van der Waals surface area (Å²) in [4.78, 5) is 18.6. The molecule has 1 aliphatic carbocycles. The van der Waals surface area contributed by atoms with Crippen LogP contribution in [-0.4, -0.2) is 16.7 Å². The van der Waals surface area contributed by atoms with Crippen LogP contribution < -0.4 is 10.4 Å². The molecule has 1 saturated carbocycles. The Morgan fingerprint density at radius 2 is 2.26 bits per heavy atom. The van der Waals surface area contributed by atoms with Gasteiger partial charge in [0.2, 0.25) is 5.88 Å². The van der Waals surface area contributed by atoms with Crippen molar-refractivity contribution in [1.29, 1.82) is 0 Å². The lowest BCUT2D eigenvalue weighted by atomic mass is 10.1. The summed E-state index contributed by atoms with van der Waals surface area (Å²) in [7, 11) is 1.55. The van der Waals surface area contributed by atoms with Gasteiger partial charge in [-0.3, -0.25) is 4.57 Å². The molecule has 4 nitrogen and oxygen atoms in total. The van der Waals surface area contributed by atoms with Gasteiger partial charge in [0.05, 0.1) is 17.7 Å². The summed E-state index contributed by atoms with van der Waals surface area (Å²) in [6, 6.07) is 4.21. The Hall–Kier alpha value is -1.62. The maximum absolute atomic E-state index is 12.0. The summed E-state index contributed by atoms with van der Waals surface area (Å²) in [5.74, 6) is 1.17. The van der Waals surface area contributed by atoms with Gasteiger partial charge in [-0.15, -0.1) is 11.3 Å². The fourth-order valence-electron chi connectivity index (χ4n) is 2.65. The van der Waals surface area contributed by atoms with E-state index in [-0.39, 0.29) is 5.69 Å². The number of ether oxygens (including phenoxy) is 1. The third kappa shape index (κ3) is 1.72. The van der Waals surface area contributed by atoms with Crippen LogP contribution in [0.3, 0.4) is 0 Å². The SMILES string of the molecule is COc1cc2n(c(=O)n1)CCc1cc(C3CC3)sc1-2. The first-order chi connectivity index (χ1) is 9.26. The molecule has 0 spiro atoms. The van der Waals surface area contributed by atoms with Crippen molar-refractivity contribution in [1.82, 2.24) is 9.55 Å². The second kappa shape index (κ2) is 3.93. The Labute approximate surface area is 114 Å². The average Bonchev–Trinajstić information content (AvgIpc) is 3.17. The normalized spacial score (nSPS) is 16.9. The summed E-state index contributed by atoms with van der Waals surface area (Å²) in [5.41, 5.74) is 2.14. The van der Waals surface area contributed by atoms with Crippen molar-refractivity contribution in [3.63, 3.8) is 0 Å². The Kier molecular flexibility index (Phi) is 2.33. The summed E-state index contributed by atoms with van der Waals surface area (Å²) < 4.78 is 6.88. The van der Waals surface area contributed by atoms with Crippen molar-refractivity contribution in [3.05, 3.63) is 33.1 Å². The van der Waals surface area contributed by atoms with Crippen LogP contribution in [0.25, 0.3) is 10.6 Å². The number of aryl methyl sites for hydroxylation is 1. The highest BCUT2D eigenvalue weighted by molar-refractivity contribution is 7.15. The van der Waals surface area contributed by atoms with Crippen molar-refractivity contribution < 1.29 is 4.74 Å². The molecule has 2 aliphatic rings. The molecule has 2 aromatic heterocycles. The molecule has 98 valence electrons. The van der Waals surface area contributed by atoms with E-state index < -0.39 is 0 Å². The van der Waals surface area contributed by atoms with Crippen molar-refractivity contribution in [2.75, 3.05) is 7.11 Å². The van der Waals surface area contributed by atoms with Gasteiger partial charge in [0.25, 0.3) is 0 Å². The van der Waals surface area contributed by atoms with E-state index in [2.05, 4.69) is 11.1 Å². The molecule has 0 saturated heterocycles. The largest absolute Gasteiger partial charge is 0.481 e. The summed E-state index contributed by atoms with van der Waals surface area (Å²) in [6.45, 7) is 0.721. The lowest BCUT2D eigenvalue weighted by molar-refractivity contribution is 0.392. The lowest BCUT2D eigenvalue weighted by Gasteiger charge is -2.18. The monoisotopic (exact) mass is 274 g/mol. The van der Waals surface area contributed by atoms with E-state index in [1.165, 1.54) is 28.2 Å². The molecule has 5 heteroatoms. The fraction of sp³-hybridized carbons (Fsp3) is 0.429. The highest BCUT2D eigenvalue weighted by Gasteiger charge is 2.29. The van der Waals surface area contributed by atoms with E-state index in [1.807, 2.05) is 17.4 Å². The number of hydrogen-bond donors (Lipinski definition) is 0. The molecule has 0 unspecified atom stereocenters. The Morgan fingerprint density at radius 3 is 3.00 bits per heavy atom. The molecule has 0 N–H and O–H groups in total. The van der Waals surface area contributed by atoms with E-state index in [4.69, 9.17) is 4.74 Å². The minimum absolute atomic E-state index is 0.207. The van der Waals surface area contributed by atoms with E-state index in [9.17, 15) is 4.79 Å². The first-order valence-electron chi connectivity index (χ1n) is 6.55. The Morgan fingerprint density at radius 1 is 1.42 bits per heavy atom. The van der Waals surface area contributed by atoms with Gasteiger partial charge in [0.1, 0.15) is 0 Å². The quantitative estimate of drug-likeness (QED) is 0.844. The second-order valence-electron chi connectivity index (χ2n) is 5.15. The molecule has 0 aromatic carbocycles.